The van der Waals surface area contributed by atoms with Crippen molar-refractivity contribution in [1.29, 1.82) is 0 Å². The van der Waals surface area contributed by atoms with Crippen molar-refractivity contribution in [2.45, 2.75) is 26.8 Å². The fourth-order valence-electron chi connectivity index (χ4n) is 1.86. The molecule has 19 heavy (non-hydrogen) atoms. The number of likely N-dealkylation sites (N-methyl/N-ethyl adjacent to an activating group) is 1. The molecule has 1 unspecified atom stereocenters. The molecule has 0 radical (unpaired) electrons. The first-order chi connectivity index (χ1) is 9.01. The largest absolute Gasteiger partial charge is 0.397 e. The fraction of sp³-hybridized carbons (Fsp3) is 0.385. The Morgan fingerprint density at radius 1 is 1.53 bits per heavy atom. The van der Waals surface area contributed by atoms with Crippen LogP contribution in [0.1, 0.15) is 18.9 Å². The third-order valence-corrected chi connectivity index (χ3v) is 3.72. The average Bonchev–Trinajstić information content (AvgIpc) is 2.69. The second-order valence-electron chi connectivity index (χ2n) is 4.40. The number of thiazole rings is 1. The lowest BCUT2D eigenvalue weighted by atomic mass is 10.2. The number of fused-ring (bicyclic) bond motifs is 1. The van der Waals surface area contributed by atoms with Crippen molar-refractivity contribution in [3.63, 3.8) is 0 Å². The van der Waals surface area contributed by atoms with Gasteiger partial charge in [-0.25, -0.2) is 4.98 Å². The minimum atomic E-state index is -0.334. The molecule has 0 saturated carbocycles. The molecule has 1 aromatic carbocycles. The first kappa shape index (κ1) is 13.6. The van der Waals surface area contributed by atoms with Crippen LogP contribution in [0.2, 0.25) is 0 Å². The zero-order valence-corrected chi connectivity index (χ0v) is 12.1. The molecule has 1 heterocycles. The number of hydrogen-bond acceptors (Lipinski definition) is 5. The summed E-state index contributed by atoms with van der Waals surface area (Å²) in [5.41, 5.74) is 8.29. The predicted molar refractivity (Wildman–Crippen MR) is 80.5 cm³/mol. The van der Waals surface area contributed by atoms with Crippen LogP contribution in [-0.2, 0) is 4.79 Å². The van der Waals surface area contributed by atoms with Crippen molar-refractivity contribution in [3.8, 4) is 0 Å². The molecule has 0 bridgehead atoms. The van der Waals surface area contributed by atoms with Gasteiger partial charge in [0.2, 0.25) is 5.91 Å². The van der Waals surface area contributed by atoms with Gasteiger partial charge in [0.25, 0.3) is 0 Å². The standard InChI is InChI=1S/C13H18N4OS/c1-4-15-13(18)7(2)16-10-6-11-12(5-9(10)14)19-8(3)17-11/h5-7,16H,4,14H2,1-3H3,(H,15,18). The van der Waals surface area contributed by atoms with Gasteiger partial charge in [-0.3, -0.25) is 4.79 Å². The van der Waals surface area contributed by atoms with E-state index >= 15 is 0 Å². The Hall–Kier alpha value is -1.82. The Bertz CT molecular complexity index is 608. The van der Waals surface area contributed by atoms with Gasteiger partial charge in [0.15, 0.2) is 0 Å². The van der Waals surface area contributed by atoms with Gasteiger partial charge >= 0.3 is 0 Å². The number of hydrogen-bond donors (Lipinski definition) is 3. The number of nitrogens with one attached hydrogen (secondary N) is 2. The minimum Gasteiger partial charge on any atom is -0.397 e. The molecule has 1 aromatic heterocycles. The Morgan fingerprint density at radius 2 is 2.26 bits per heavy atom. The Kier molecular flexibility index (Phi) is 3.90. The van der Waals surface area contributed by atoms with Gasteiger partial charge in [0, 0.05) is 6.54 Å². The van der Waals surface area contributed by atoms with Crippen LogP contribution < -0.4 is 16.4 Å². The van der Waals surface area contributed by atoms with Crippen LogP contribution in [0.25, 0.3) is 10.2 Å². The van der Waals surface area contributed by atoms with Crippen LogP contribution >= 0.6 is 11.3 Å². The number of carbonyl (C=O) groups is 1. The maximum absolute atomic E-state index is 11.7. The molecule has 0 fully saturated rings. The van der Waals surface area contributed by atoms with Crippen LogP contribution in [0.5, 0.6) is 0 Å². The molecular formula is C13H18N4OS. The SMILES string of the molecule is CCNC(=O)C(C)Nc1cc2nc(C)sc2cc1N. The molecule has 0 aliphatic rings. The Balaban J connectivity index is 2.24. The van der Waals surface area contributed by atoms with E-state index in [4.69, 9.17) is 5.73 Å². The quantitative estimate of drug-likeness (QED) is 0.748. The van der Waals surface area contributed by atoms with Crippen molar-refractivity contribution >= 4 is 38.8 Å². The highest BCUT2D eigenvalue weighted by Crippen LogP contribution is 2.30. The van der Waals surface area contributed by atoms with E-state index in [1.54, 1.807) is 18.3 Å². The van der Waals surface area contributed by atoms with Crippen molar-refractivity contribution in [1.82, 2.24) is 10.3 Å². The summed E-state index contributed by atoms with van der Waals surface area (Å²) >= 11 is 1.61. The first-order valence-electron chi connectivity index (χ1n) is 6.22. The molecule has 102 valence electrons. The lowest BCUT2D eigenvalue weighted by Crippen LogP contribution is -2.37. The highest BCUT2D eigenvalue weighted by molar-refractivity contribution is 7.18. The summed E-state index contributed by atoms with van der Waals surface area (Å²) in [7, 11) is 0. The zero-order chi connectivity index (χ0) is 14.0. The summed E-state index contributed by atoms with van der Waals surface area (Å²) < 4.78 is 1.06. The molecule has 0 aliphatic heterocycles. The number of anilines is 2. The molecule has 5 nitrogen and oxygen atoms in total. The van der Waals surface area contributed by atoms with Crippen molar-refractivity contribution in [2.75, 3.05) is 17.6 Å². The van der Waals surface area contributed by atoms with Gasteiger partial charge < -0.3 is 16.4 Å². The van der Waals surface area contributed by atoms with E-state index in [2.05, 4.69) is 15.6 Å². The summed E-state index contributed by atoms with van der Waals surface area (Å²) in [5.74, 6) is -0.0449. The van der Waals surface area contributed by atoms with E-state index in [1.165, 1.54) is 0 Å². The third kappa shape index (κ3) is 2.96. The molecule has 2 rings (SSSR count). The Morgan fingerprint density at radius 3 is 2.95 bits per heavy atom. The zero-order valence-electron chi connectivity index (χ0n) is 11.3. The molecule has 0 spiro atoms. The summed E-state index contributed by atoms with van der Waals surface area (Å²) in [5, 5.41) is 6.90. The van der Waals surface area contributed by atoms with E-state index in [-0.39, 0.29) is 11.9 Å². The van der Waals surface area contributed by atoms with Gasteiger partial charge in [0.1, 0.15) is 6.04 Å². The summed E-state index contributed by atoms with van der Waals surface area (Å²) in [6.07, 6.45) is 0. The van der Waals surface area contributed by atoms with E-state index in [0.717, 1.165) is 20.9 Å². The summed E-state index contributed by atoms with van der Waals surface area (Å²) in [6, 6.07) is 3.45. The average molecular weight is 278 g/mol. The van der Waals surface area contributed by atoms with Crippen LogP contribution in [-0.4, -0.2) is 23.5 Å². The number of rotatable bonds is 4. The first-order valence-corrected chi connectivity index (χ1v) is 7.03. The molecule has 0 aliphatic carbocycles. The molecule has 0 saturated heterocycles. The number of nitrogens with two attached hydrogens (primary N) is 1. The number of nitrogens with zero attached hydrogens (tertiary/aromatic N) is 1. The highest BCUT2D eigenvalue weighted by atomic mass is 32.1. The molecule has 4 N–H and O–H groups in total. The monoisotopic (exact) mass is 278 g/mol. The topological polar surface area (TPSA) is 80.0 Å². The van der Waals surface area contributed by atoms with E-state index in [0.29, 0.717) is 12.2 Å². The summed E-state index contributed by atoms with van der Waals surface area (Å²) in [6.45, 7) is 6.28. The van der Waals surface area contributed by atoms with Crippen molar-refractivity contribution in [2.24, 2.45) is 0 Å². The number of carbonyl (C=O) groups excluding carboxylic acids is 1. The molecular weight excluding hydrogens is 260 g/mol. The minimum absolute atomic E-state index is 0.0449. The number of aryl methyl sites for hydroxylation is 1. The molecule has 6 heteroatoms. The normalized spacial score (nSPS) is 12.4. The van der Waals surface area contributed by atoms with Crippen LogP contribution in [0.4, 0.5) is 11.4 Å². The lowest BCUT2D eigenvalue weighted by molar-refractivity contribution is -0.121. The third-order valence-electron chi connectivity index (χ3n) is 2.78. The smallest absolute Gasteiger partial charge is 0.242 e. The van der Waals surface area contributed by atoms with Crippen LogP contribution in [0.3, 0.4) is 0 Å². The van der Waals surface area contributed by atoms with Gasteiger partial charge in [0.05, 0.1) is 26.6 Å². The van der Waals surface area contributed by atoms with Gasteiger partial charge in [-0.1, -0.05) is 0 Å². The van der Waals surface area contributed by atoms with Crippen LogP contribution in [0.15, 0.2) is 12.1 Å². The number of amides is 1. The second-order valence-corrected chi connectivity index (χ2v) is 5.64. The van der Waals surface area contributed by atoms with Crippen LogP contribution in [0, 0.1) is 6.92 Å². The summed E-state index contributed by atoms with van der Waals surface area (Å²) in [4.78, 5) is 16.1. The number of nitrogen functional groups attached to an aromatic ring is 1. The maximum Gasteiger partial charge on any atom is 0.242 e. The molecule has 2 aromatic rings. The number of aromatic nitrogens is 1. The maximum atomic E-state index is 11.7. The van der Waals surface area contributed by atoms with Gasteiger partial charge in [-0.2, -0.15) is 0 Å². The van der Waals surface area contributed by atoms with Gasteiger partial charge in [-0.15, -0.1) is 11.3 Å². The highest BCUT2D eigenvalue weighted by Gasteiger charge is 2.14. The fourth-order valence-corrected chi connectivity index (χ4v) is 2.71. The predicted octanol–water partition coefficient (Wildman–Crippen LogP) is 2.12. The number of benzene rings is 1. The van der Waals surface area contributed by atoms with E-state index in [9.17, 15) is 4.79 Å². The van der Waals surface area contributed by atoms with E-state index in [1.807, 2.05) is 26.0 Å². The van der Waals surface area contributed by atoms with Gasteiger partial charge in [-0.05, 0) is 32.9 Å². The lowest BCUT2D eigenvalue weighted by Gasteiger charge is -2.16. The van der Waals surface area contributed by atoms with Crippen molar-refractivity contribution in [3.05, 3.63) is 17.1 Å². The van der Waals surface area contributed by atoms with E-state index < -0.39 is 0 Å². The molecule has 1 atom stereocenters. The Labute approximate surface area is 116 Å². The van der Waals surface area contributed by atoms with Crippen molar-refractivity contribution < 1.29 is 4.79 Å². The molecule has 1 amide bonds. The second kappa shape index (κ2) is 5.44.